The van der Waals surface area contributed by atoms with E-state index in [0.29, 0.717) is 22.8 Å². The normalized spacial score (nSPS) is 14.2. The lowest BCUT2D eigenvalue weighted by molar-refractivity contribution is -0.117. The molecule has 11 nitrogen and oxygen atoms in total. The maximum atomic E-state index is 12.5. The molecule has 0 aliphatic heterocycles. The molecule has 0 saturated heterocycles. The van der Waals surface area contributed by atoms with E-state index in [2.05, 4.69) is 25.9 Å². The number of anilines is 1. The van der Waals surface area contributed by atoms with Crippen LogP contribution in [0.2, 0.25) is 0 Å². The van der Waals surface area contributed by atoms with Crippen molar-refractivity contribution in [2.24, 2.45) is 5.92 Å². The third kappa shape index (κ3) is 5.93. The standard InChI is InChI=1S/C27H30N6O5/c1-16-23(18-10-12-33-19(13-18)14-22(31-33)30-24(34)17-8-9-17)25(32-38-16)36-15-21(20-7-5-6-11-28-20)29-26(35)37-27(2,3)4/h5-7,10-14,17,21H,8-9,15H2,1-4H3,(H,29,35)(H,30,31,34)/t21-/m1/s1. The van der Waals surface area contributed by atoms with Gasteiger partial charge in [0.2, 0.25) is 5.91 Å². The lowest BCUT2D eigenvalue weighted by atomic mass is 10.1. The van der Waals surface area contributed by atoms with Crippen LogP contribution in [0.15, 0.2) is 53.3 Å². The first kappa shape index (κ1) is 25.2. The second-order valence-corrected chi connectivity index (χ2v) is 10.3. The highest BCUT2D eigenvalue weighted by atomic mass is 16.6. The molecule has 4 aromatic rings. The Morgan fingerprint density at radius 2 is 2.03 bits per heavy atom. The molecular weight excluding hydrogens is 488 g/mol. The molecule has 1 atom stereocenters. The largest absolute Gasteiger partial charge is 0.472 e. The van der Waals surface area contributed by atoms with Gasteiger partial charge in [0, 0.05) is 24.4 Å². The molecule has 4 aromatic heterocycles. The summed E-state index contributed by atoms with van der Waals surface area (Å²) in [5, 5.41) is 14.2. The molecule has 0 unspecified atom stereocenters. The summed E-state index contributed by atoms with van der Waals surface area (Å²) < 4.78 is 18.6. The molecule has 198 valence electrons. The minimum absolute atomic E-state index is 0.00152. The number of hydrogen-bond acceptors (Lipinski definition) is 8. The van der Waals surface area contributed by atoms with Crippen LogP contribution < -0.4 is 15.4 Å². The Labute approximate surface area is 219 Å². The summed E-state index contributed by atoms with van der Waals surface area (Å²) >= 11 is 0. The fraction of sp³-hybridized carbons (Fsp3) is 0.370. The van der Waals surface area contributed by atoms with Crippen molar-refractivity contribution in [3.05, 3.63) is 60.2 Å². The number of ether oxygens (including phenoxy) is 2. The SMILES string of the molecule is Cc1onc(OC[C@@H](NC(=O)OC(C)(C)C)c2ccccn2)c1-c1ccn2nc(NC(=O)C3CC3)cc2c1. The molecular formula is C27H30N6O5. The van der Waals surface area contributed by atoms with Gasteiger partial charge in [-0.2, -0.15) is 5.10 Å². The molecule has 38 heavy (non-hydrogen) atoms. The summed E-state index contributed by atoms with van der Waals surface area (Å²) in [6.45, 7) is 7.23. The fourth-order valence-electron chi connectivity index (χ4n) is 3.96. The molecule has 1 fully saturated rings. The van der Waals surface area contributed by atoms with E-state index < -0.39 is 17.7 Å². The predicted molar refractivity (Wildman–Crippen MR) is 139 cm³/mol. The third-order valence-electron chi connectivity index (χ3n) is 5.91. The van der Waals surface area contributed by atoms with Gasteiger partial charge in [-0.05, 0) is 75.5 Å². The van der Waals surface area contributed by atoms with Gasteiger partial charge in [-0.1, -0.05) is 6.07 Å². The van der Waals surface area contributed by atoms with Crippen molar-refractivity contribution in [3.8, 4) is 17.0 Å². The van der Waals surface area contributed by atoms with E-state index in [9.17, 15) is 9.59 Å². The molecule has 2 N–H and O–H groups in total. The van der Waals surface area contributed by atoms with Crippen LogP contribution in [0.4, 0.5) is 10.6 Å². The number of hydrogen-bond donors (Lipinski definition) is 2. The van der Waals surface area contributed by atoms with E-state index >= 15 is 0 Å². The van der Waals surface area contributed by atoms with Gasteiger partial charge in [-0.25, -0.2) is 9.31 Å². The Morgan fingerprint density at radius 1 is 1.21 bits per heavy atom. The van der Waals surface area contributed by atoms with E-state index in [1.165, 1.54) is 0 Å². The second-order valence-electron chi connectivity index (χ2n) is 10.3. The maximum Gasteiger partial charge on any atom is 0.408 e. The first-order chi connectivity index (χ1) is 18.2. The van der Waals surface area contributed by atoms with Gasteiger partial charge in [0.1, 0.15) is 24.0 Å². The monoisotopic (exact) mass is 518 g/mol. The quantitative estimate of drug-likeness (QED) is 0.343. The Morgan fingerprint density at radius 3 is 2.74 bits per heavy atom. The summed E-state index contributed by atoms with van der Waals surface area (Å²) in [4.78, 5) is 29.0. The molecule has 0 radical (unpaired) electrons. The highest BCUT2D eigenvalue weighted by Gasteiger charge is 2.30. The zero-order valence-corrected chi connectivity index (χ0v) is 21.7. The Balaban J connectivity index is 1.35. The average molecular weight is 519 g/mol. The number of amides is 2. The van der Waals surface area contributed by atoms with Crippen LogP contribution in [0, 0.1) is 12.8 Å². The first-order valence-electron chi connectivity index (χ1n) is 12.5. The van der Waals surface area contributed by atoms with Crippen molar-refractivity contribution in [1.82, 2.24) is 25.1 Å². The van der Waals surface area contributed by atoms with Gasteiger partial charge in [0.25, 0.3) is 5.88 Å². The highest BCUT2D eigenvalue weighted by Crippen LogP contribution is 2.34. The van der Waals surface area contributed by atoms with E-state index in [1.54, 1.807) is 56.7 Å². The Bertz CT molecular complexity index is 1450. The van der Waals surface area contributed by atoms with E-state index in [4.69, 9.17) is 14.0 Å². The van der Waals surface area contributed by atoms with Crippen LogP contribution in [0.3, 0.4) is 0 Å². The van der Waals surface area contributed by atoms with E-state index in [-0.39, 0.29) is 24.3 Å². The molecule has 1 aliphatic rings. The van der Waals surface area contributed by atoms with Crippen molar-refractivity contribution in [1.29, 1.82) is 0 Å². The zero-order valence-electron chi connectivity index (χ0n) is 21.7. The molecule has 0 aromatic carbocycles. The number of aryl methyl sites for hydroxylation is 1. The van der Waals surface area contributed by atoms with Crippen LogP contribution in [-0.2, 0) is 9.53 Å². The topological polar surface area (TPSA) is 133 Å². The van der Waals surface area contributed by atoms with Crippen molar-refractivity contribution >= 4 is 23.3 Å². The fourth-order valence-corrected chi connectivity index (χ4v) is 3.96. The molecule has 4 heterocycles. The number of carbonyl (C=O) groups is 2. The van der Waals surface area contributed by atoms with Crippen molar-refractivity contribution in [2.75, 3.05) is 11.9 Å². The van der Waals surface area contributed by atoms with Crippen LogP contribution in [0.25, 0.3) is 16.6 Å². The number of fused-ring (bicyclic) bond motifs is 1. The van der Waals surface area contributed by atoms with Crippen LogP contribution in [-0.4, -0.2) is 44.0 Å². The predicted octanol–water partition coefficient (Wildman–Crippen LogP) is 4.69. The molecule has 0 bridgehead atoms. The number of aromatic nitrogens is 4. The number of carbonyl (C=O) groups excluding carboxylic acids is 2. The van der Waals surface area contributed by atoms with Crippen LogP contribution in [0.1, 0.15) is 51.1 Å². The van der Waals surface area contributed by atoms with Gasteiger partial charge < -0.3 is 24.6 Å². The first-order valence-corrected chi connectivity index (χ1v) is 12.5. The number of nitrogens with zero attached hydrogens (tertiary/aromatic N) is 4. The van der Waals surface area contributed by atoms with Gasteiger partial charge >= 0.3 is 6.09 Å². The summed E-state index contributed by atoms with van der Waals surface area (Å²) in [5.41, 5.74) is 2.23. The molecule has 11 heteroatoms. The lowest BCUT2D eigenvalue weighted by Gasteiger charge is -2.23. The minimum Gasteiger partial charge on any atom is -0.472 e. The van der Waals surface area contributed by atoms with Gasteiger partial charge in [-0.15, -0.1) is 0 Å². The molecule has 2 amide bonds. The number of pyridine rings is 2. The maximum absolute atomic E-state index is 12.5. The highest BCUT2D eigenvalue weighted by molar-refractivity contribution is 5.93. The number of rotatable bonds is 8. The number of alkyl carbamates (subject to hydrolysis) is 1. The summed E-state index contributed by atoms with van der Waals surface area (Å²) in [6.07, 6.45) is 4.71. The van der Waals surface area contributed by atoms with E-state index in [1.807, 2.05) is 24.3 Å². The summed E-state index contributed by atoms with van der Waals surface area (Å²) in [6, 6.07) is 10.4. The average Bonchev–Trinajstić information content (AvgIpc) is 3.55. The Hall–Kier alpha value is -4.41. The summed E-state index contributed by atoms with van der Waals surface area (Å²) in [5.74, 6) is 1.45. The molecule has 0 spiro atoms. The molecule has 5 rings (SSSR count). The molecule has 1 saturated carbocycles. The van der Waals surface area contributed by atoms with E-state index in [0.717, 1.165) is 23.9 Å². The minimum atomic E-state index is -0.650. The van der Waals surface area contributed by atoms with Crippen molar-refractivity contribution < 1.29 is 23.6 Å². The Kier molecular flexibility index (Phi) is 6.75. The summed E-state index contributed by atoms with van der Waals surface area (Å²) in [7, 11) is 0. The number of nitrogens with one attached hydrogen (secondary N) is 2. The van der Waals surface area contributed by atoms with Gasteiger partial charge in [0.05, 0.1) is 16.8 Å². The van der Waals surface area contributed by atoms with Gasteiger partial charge in [-0.3, -0.25) is 9.78 Å². The molecule has 1 aliphatic carbocycles. The van der Waals surface area contributed by atoms with Crippen molar-refractivity contribution in [2.45, 2.75) is 52.2 Å². The lowest BCUT2D eigenvalue weighted by Crippen LogP contribution is -2.37. The third-order valence-corrected chi connectivity index (χ3v) is 5.91. The van der Waals surface area contributed by atoms with Gasteiger partial charge in [0.15, 0.2) is 5.82 Å². The van der Waals surface area contributed by atoms with Crippen molar-refractivity contribution in [3.63, 3.8) is 0 Å². The smallest absolute Gasteiger partial charge is 0.408 e. The zero-order chi connectivity index (χ0) is 26.9. The van der Waals surface area contributed by atoms with Crippen LogP contribution >= 0.6 is 0 Å². The second kappa shape index (κ2) is 10.2. The van der Waals surface area contributed by atoms with Crippen LogP contribution in [0.5, 0.6) is 5.88 Å².